The van der Waals surface area contributed by atoms with Crippen LogP contribution in [0.3, 0.4) is 0 Å². The zero-order valence-corrected chi connectivity index (χ0v) is 20.2. The fraction of sp³-hybridized carbons (Fsp3) is 0.280. The first kappa shape index (κ1) is 24.1. The van der Waals surface area contributed by atoms with Gasteiger partial charge in [0.1, 0.15) is 12.2 Å². The molecule has 0 aliphatic carbocycles. The molecule has 4 rings (SSSR count). The van der Waals surface area contributed by atoms with Gasteiger partial charge in [-0.3, -0.25) is 9.59 Å². The second-order valence-corrected chi connectivity index (χ2v) is 11.0. The summed E-state index contributed by atoms with van der Waals surface area (Å²) in [5.74, 6) is -0.694. The summed E-state index contributed by atoms with van der Waals surface area (Å²) in [4.78, 5) is 26.8. The molecule has 34 heavy (non-hydrogen) atoms. The molecule has 1 saturated heterocycles. The summed E-state index contributed by atoms with van der Waals surface area (Å²) in [6, 6.07) is 20.4. The van der Waals surface area contributed by atoms with E-state index in [2.05, 4.69) is 10.6 Å². The zero-order valence-electron chi connectivity index (χ0n) is 18.6. The van der Waals surface area contributed by atoms with Crippen molar-refractivity contribution >= 4 is 33.2 Å². The molecule has 1 aromatic heterocycles. The Hall–Kier alpha value is -3.01. The minimum absolute atomic E-state index is 0.168. The second-order valence-electron chi connectivity index (χ2n) is 8.14. The molecular formula is C25H27N3O4S2. The lowest BCUT2D eigenvalue weighted by molar-refractivity contribution is -0.126. The predicted molar refractivity (Wildman–Crippen MR) is 132 cm³/mol. The topological polar surface area (TPSA) is 95.6 Å². The van der Waals surface area contributed by atoms with Gasteiger partial charge in [0.25, 0.3) is 5.91 Å². The van der Waals surface area contributed by atoms with Gasteiger partial charge in [-0.1, -0.05) is 61.0 Å². The van der Waals surface area contributed by atoms with E-state index >= 15 is 0 Å². The number of thiophene rings is 1. The van der Waals surface area contributed by atoms with Crippen molar-refractivity contribution in [3.05, 3.63) is 88.6 Å². The molecule has 1 fully saturated rings. The number of nitrogens with one attached hydrogen (secondary N) is 2. The van der Waals surface area contributed by atoms with Crippen molar-refractivity contribution in [3.8, 4) is 0 Å². The van der Waals surface area contributed by atoms with Crippen LogP contribution in [0.4, 0.5) is 0 Å². The molecule has 2 amide bonds. The maximum atomic E-state index is 13.4. The number of sulfonamides is 1. The number of piperidine rings is 1. The van der Waals surface area contributed by atoms with Crippen LogP contribution in [0.1, 0.15) is 34.5 Å². The summed E-state index contributed by atoms with van der Waals surface area (Å²) >= 11 is 1.32. The van der Waals surface area contributed by atoms with Crippen molar-refractivity contribution in [1.82, 2.24) is 14.9 Å². The van der Waals surface area contributed by atoms with E-state index in [1.807, 2.05) is 35.7 Å². The summed E-state index contributed by atoms with van der Waals surface area (Å²) < 4.78 is 27.9. The number of hydrogen-bond acceptors (Lipinski definition) is 5. The normalized spacial score (nSPS) is 17.6. The maximum Gasteiger partial charge on any atom is 0.262 e. The molecule has 3 aromatic rings. The number of rotatable bonds is 8. The molecule has 1 aliphatic rings. The van der Waals surface area contributed by atoms with E-state index < -0.39 is 28.1 Å². The average Bonchev–Trinajstić information content (AvgIpc) is 3.40. The van der Waals surface area contributed by atoms with Crippen LogP contribution in [0.2, 0.25) is 0 Å². The highest BCUT2D eigenvalue weighted by atomic mass is 32.2. The van der Waals surface area contributed by atoms with Gasteiger partial charge in [-0.15, -0.1) is 11.3 Å². The fourth-order valence-electron chi connectivity index (χ4n) is 4.08. The highest BCUT2D eigenvalue weighted by Crippen LogP contribution is 2.25. The number of hydrogen-bond donors (Lipinski definition) is 2. The van der Waals surface area contributed by atoms with Gasteiger partial charge in [0.15, 0.2) is 0 Å². The quantitative estimate of drug-likeness (QED) is 0.466. The van der Waals surface area contributed by atoms with E-state index in [0.29, 0.717) is 24.1 Å². The highest BCUT2D eigenvalue weighted by Gasteiger charge is 2.38. The molecule has 2 aromatic carbocycles. The van der Waals surface area contributed by atoms with Crippen molar-refractivity contribution in [1.29, 1.82) is 0 Å². The number of carbonyl (C=O) groups excluding carboxylic acids is 2. The Morgan fingerprint density at radius 2 is 1.65 bits per heavy atom. The van der Waals surface area contributed by atoms with Crippen LogP contribution in [0, 0.1) is 0 Å². The van der Waals surface area contributed by atoms with E-state index in [4.69, 9.17) is 0 Å². The molecule has 178 valence electrons. The Labute approximate surface area is 203 Å². The summed E-state index contributed by atoms with van der Waals surface area (Å²) in [7, 11) is -3.82. The predicted octanol–water partition coefficient (Wildman–Crippen LogP) is 3.41. The first-order valence-corrected chi connectivity index (χ1v) is 13.5. The Morgan fingerprint density at radius 3 is 2.32 bits per heavy atom. The van der Waals surface area contributed by atoms with Gasteiger partial charge in [0, 0.05) is 13.0 Å². The number of benzene rings is 2. The third-order valence-electron chi connectivity index (χ3n) is 5.76. The Bertz CT molecular complexity index is 1200. The number of nitrogens with zero attached hydrogens (tertiary/aromatic N) is 1. The molecule has 9 heteroatoms. The smallest absolute Gasteiger partial charge is 0.262 e. The van der Waals surface area contributed by atoms with Crippen LogP contribution in [-0.2, 0) is 21.2 Å². The van der Waals surface area contributed by atoms with Gasteiger partial charge in [-0.05, 0) is 42.0 Å². The standard InChI is InChI=1S/C25H27N3O4S2/c29-24(21-14-7-8-16-28(21)34(31,32)20-12-5-2-6-13-20)26-23(18-19-10-3-1-4-11-19)27-25(30)22-15-9-17-33-22/h1-6,9-13,15,17,21,23H,7-8,14,16,18H2,(H,26,29)(H,27,30)/t21?,23-/m0/s1. The molecular weight excluding hydrogens is 470 g/mol. The van der Waals surface area contributed by atoms with Crippen LogP contribution in [0.25, 0.3) is 0 Å². The van der Waals surface area contributed by atoms with E-state index in [0.717, 1.165) is 12.0 Å². The van der Waals surface area contributed by atoms with Gasteiger partial charge in [-0.25, -0.2) is 8.42 Å². The van der Waals surface area contributed by atoms with Gasteiger partial charge >= 0.3 is 0 Å². The lowest BCUT2D eigenvalue weighted by Gasteiger charge is -2.34. The molecule has 2 heterocycles. The van der Waals surface area contributed by atoms with E-state index in [9.17, 15) is 18.0 Å². The van der Waals surface area contributed by atoms with Crippen molar-refractivity contribution in [2.45, 2.75) is 42.8 Å². The summed E-state index contributed by atoms with van der Waals surface area (Å²) in [6.45, 7) is 0.278. The van der Waals surface area contributed by atoms with E-state index in [-0.39, 0.29) is 17.3 Å². The Kier molecular flexibility index (Phi) is 7.77. The van der Waals surface area contributed by atoms with Crippen LogP contribution in [0.5, 0.6) is 0 Å². The van der Waals surface area contributed by atoms with Gasteiger partial charge in [0.05, 0.1) is 9.77 Å². The molecule has 0 spiro atoms. The molecule has 0 saturated carbocycles. The molecule has 0 bridgehead atoms. The minimum Gasteiger partial charge on any atom is -0.334 e. The fourth-order valence-corrected chi connectivity index (χ4v) is 6.38. The zero-order chi connectivity index (χ0) is 24.0. The number of carbonyl (C=O) groups is 2. The van der Waals surface area contributed by atoms with Crippen LogP contribution < -0.4 is 10.6 Å². The van der Waals surface area contributed by atoms with E-state index in [1.54, 1.807) is 42.5 Å². The minimum atomic E-state index is -3.82. The van der Waals surface area contributed by atoms with Gasteiger partial charge in [-0.2, -0.15) is 4.31 Å². The number of amides is 2. The van der Waals surface area contributed by atoms with Crippen LogP contribution in [0.15, 0.2) is 83.1 Å². The molecule has 0 radical (unpaired) electrons. The molecule has 7 nitrogen and oxygen atoms in total. The summed E-state index contributed by atoms with van der Waals surface area (Å²) in [5.41, 5.74) is 0.941. The molecule has 2 N–H and O–H groups in total. The van der Waals surface area contributed by atoms with Crippen LogP contribution >= 0.6 is 11.3 Å². The van der Waals surface area contributed by atoms with Crippen molar-refractivity contribution in [2.24, 2.45) is 0 Å². The van der Waals surface area contributed by atoms with Gasteiger partial charge in [0.2, 0.25) is 15.9 Å². The van der Waals surface area contributed by atoms with Crippen LogP contribution in [-0.4, -0.2) is 43.3 Å². The summed E-state index contributed by atoms with van der Waals surface area (Å²) in [6.07, 6.45) is 1.56. The lowest BCUT2D eigenvalue weighted by Crippen LogP contribution is -2.57. The third-order valence-corrected chi connectivity index (χ3v) is 8.55. The Balaban J connectivity index is 1.54. The van der Waals surface area contributed by atoms with Crippen molar-refractivity contribution in [3.63, 3.8) is 0 Å². The summed E-state index contributed by atoms with van der Waals surface area (Å²) in [5, 5.41) is 7.62. The van der Waals surface area contributed by atoms with Crippen molar-refractivity contribution < 1.29 is 18.0 Å². The lowest BCUT2D eigenvalue weighted by atomic mass is 10.0. The largest absolute Gasteiger partial charge is 0.334 e. The third kappa shape index (κ3) is 5.72. The SMILES string of the molecule is O=C(N[C@@H](Cc1ccccc1)NC(=O)C1CCCCN1S(=O)(=O)c1ccccc1)c1cccs1. The van der Waals surface area contributed by atoms with Gasteiger partial charge < -0.3 is 10.6 Å². The highest BCUT2D eigenvalue weighted by molar-refractivity contribution is 7.89. The van der Waals surface area contributed by atoms with E-state index in [1.165, 1.54) is 15.6 Å². The first-order chi connectivity index (χ1) is 16.4. The molecule has 1 aliphatic heterocycles. The monoisotopic (exact) mass is 497 g/mol. The molecule has 2 atom stereocenters. The second kappa shape index (κ2) is 10.9. The Morgan fingerprint density at radius 1 is 0.941 bits per heavy atom. The maximum absolute atomic E-state index is 13.4. The average molecular weight is 498 g/mol. The van der Waals surface area contributed by atoms with Crippen molar-refractivity contribution in [2.75, 3.05) is 6.54 Å². The molecule has 1 unspecified atom stereocenters. The first-order valence-electron chi connectivity index (χ1n) is 11.2.